The van der Waals surface area contributed by atoms with Gasteiger partial charge in [0.1, 0.15) is 0 Å². The van der Waals surface area contributed by atoms with Crippen LogP contribution in [0.3, 0.4) is 0 Å². The number of thiophene rings is 1. The number of carboxylic acid groups (broad SMARTS) is 1. The van der Waals surface area contributed by atoms with Gasteiger partial charge in [-0.15, -0.1) is 11.3 Å². The van der Waals surface area contributed by atoms with Gasteiger partial charge in [0.15, 0.2) is 0 Å². The number of anilines is 1. The molecule has 0 aliphatic heterocycles. The van der Waals surface area contributed by atoms with E-state index in [2.05, 4.69) is 21.2 Å². The maximum Gasteiger partial charge on any atom is 0.335 e. The summed E-state index contributed by atoms with van der Waals surface area (Å²) in [6, 6.07) is 7.15. The first kappa shape index (κ1) is 13.1. The Kier molecular flexibility index (Phi) is 4.04. The van der Waals surface area contributed by atoms with Crippen molar-refractivity contribution >= 4 is 38.9 Å². The summed E-state index contributed by atoms with van der Waals surface area (Å²) in [5.74, 6) is -0.906. The predicted octanol–water partition coefficient (Wildman–Crippen LogP) is 4.13. The van der Waals surface area contributed by atoms with E-state index in [4.69, 9.17) is 5.11 Å². The van der Waals surface area contributed by atoms with Crippen LogP contribution in [0.25, 0.3) is 0 Å². The molecule has 0 spiro atoms. The first-order valence-electron chi connectivity index (χ1n) is 5.37. The van der Waals surface area contributed by atoms with Crippen molar-refractivity contribution in [3.63, 3.8) is 0 Å². The molecule has 0 aliphatic carbocycles. The SMILES string of the molecule is Cc1ccc(C(=O)O)cc1NCc1cc(Br)cs1. The molecule has 2 rings (SSSR count). The largest absolute Gasteiger partial charge is 0.478 e. The van der Waals surface area contributed by atoms with Gasteiger partial charge in [0.05, 0.1) is 5.56 Å². The van der Waals surface area contributed by atoms with Gasteiger partial charge in [-0.25, -0.2) is 4.79 Å². The molecular formula is C13H12BrNO2S. The summed E-state index contributed by atoms with van der Waals surface area (Å²) in [4.78, 5) is 12.1. The van der Waals surface area contributed by atoms with Crippen LogP contribution in [0.5, 0.6) is 0 Å². The van der Waals surface area contributed by atoms with Gasteiger partial charge in [-0.05, 0) is 46.6 Å². The molecule has 0 amide bonds. The summed E-state index contributed by atoms with van der Waals surface area (Å²) >= 11 is 5.07. The number of carbonyl (C=O) groups is 1. The first-order chi connectivity index (χ1) is 8.56. The fourth-order valence-electron chi connectivity index (χ4n) is 1.57. The molecule has 0 atom stereocenters. The molecular weight excluding hydrogens is 314 g/mol. The van der Waals surface area contributed by atoms with E-state index in [1.807, 2.05) is 24.4 Å². The molecule has 1 heterocycles. The number of benzene rings is 1. The highest BCUT2D eigenvalue weighted by atomic mass is 79.9. The Balaban J connectivity index is 2.13. The van der Waals surface area contributed by atoms with Crippen molar-refractivity contribution in [1.29, 1.82) is 0 Å². The van der Waals surface area contributed by atoms with Crippen molar-refractivity contribution in [3.8, 4) is 0 Å². The highest BCUT2D eigenvalue weighted by molar-refractivity contribution is 9.10. The molecule has 5 heteroatoms. The van der Waals surface area contributed by atoms with Crippen LogP contribution >= 0.6 is 27.3 Å². The van der Waals surface area contributed by atoms with Crippen LogP contribution in [0.15, 0.2) is 34.1 Å². The number of halogens is 1. The molecule has 3 nitrogen and oxygen atoms in total. The summed E-state index contributed by atoms with van der Waals surface area (Å²) in [6.07, 6.45) is 0. The summed E-state index contributed by atoms with van der Waals surface area (Å²) in [7, 11) is 0. The molecule has 2 N–H and O–H groups in total. The molecule has 1 aromatic carbocycles. The average Bonchev–Trinajstić information content (AvgIpc) is 2.74. The third-order valence-corrected chi connectivity index (χ3v) is 4.26. The minimum absolute atomic E-state index is 0.301. The first-order valence-corrected chi connectivity index (χ1v) is 7.04. The van der Waals surface area contributed by atoms with Crippen LogP contribution in [0.2, 0.25) is 0 Å². The second-order valence-corrected chi connectivity index (χ2v) is 5.83. The van der Waals surface area contributed by atoms with Gasteiger partial charge in [-0.2, -0.15) is 0 Å². The van der Waals surface area contributed by atoms with E-state index in [1.54, 1.807) is 23.5 Å². The number of aromatic carboxylic acids is 1. The second-order valence-electron chi connectivity index (χ2n) is 3.92. The van der Waals surface area contributed by atoms with Crippen LogP contribution in [0.4, 0.5) is 5.69 Å². The minimum Gasteiger partial charge on any atom is -0.478 e. The Hall–Kier alpha value is -1.33. The Bertz CT molecular complexity index is 580. The number of rotatable bonds is 4. The zero-order chi connectivity index (χ0) is 13.1. The minimum atomic E-state index is -0.906. The van der Waals surface area contributed by atoms with Crippen LogP contribution in [-0.2, 0) is 6.54 Å². The van der Waals surface area contributed by atoms with E-state index in [-0.39, 0.29) is 0 Å². The van der Waals surface area contributed by atoms with Gasteiger partial charge in [-0.1, -0.05) is 6.07 Å². The number of carboxylic acids is 1. The summed E-state index contributed by atoms with van der Waals surface area (Å²) < 4.78 is 1.07. The summed E-state index contributed by atoms with van der Waals surface area (Å²) in [6.45, 7) is 2.65. The lowest BCUT2D eigenvalue weighted by atomic mass is 10.1. The lowest BCUT2D eigenvalue weighted by Crippen LogP contribution is -2.02. The van der Waals surface area contributed by atoms with Crippen LogP contribution in [0.1, 0.15) is 20.8 Å². The summed E-state index contributed by atoms with van der Waals surface area (Å²) in [5.41, 5.74) is 2.20. The van der Waals surface area contributed by atoms with Crippen molar-refractivity contribution in [3.05, 3.63) is 50.1 Å². The molecule has 18 heavy (non-hydrogen) atoms. The Labute approximate surface area is 118 Å². The Morgan fingerprint density at radius 1 is 1.44 bits per heavy atom. The van der Waals surface area contributed by atoms with Crippen molar-refractivity contribution < 1.29 is 9.90 Å². The smallest absolute Gasteiger partial charge is 0.335 e. The van der Waals surface area contributed by atoms with E-state index in [0.717, 1.165) is 15.7 Å². The zero-order valence-electron chi connectivity index (χ0n) is 9.74. The van der Waals surface area contributed by atoms with Gasteiger partial charge in [0.2, 0.25) is 0 Å². The van der Waals surface area contributed by atoms with Gasteiger partial charge in [0.25, 0.3) is 0 Å². The van der Waals surface area contributed by atoms with Crippen molar-refractivity contribution in [1.82, 2.24) is 0 Å². The molecule has 0 radical (unpaired) electrons. The summed E-state index contributed by atoms with van der Waals surface area (Å²) in [5, 5.41) is 14.2. The van der Waals surface area contributed by atoms with Gasteiger partial charge in [-0.3, -0.25) is 0 Å². The standard InChI is InChI=1S/C13H12BrNO2S/c1-8-2-3-9(13(16)17)4-12(8)15-6-11-5-10(14)7-18-11/h2-5,7,15H,6H2,1H3,(H,16,17). The van der Waals surface area contributed by atoms with Crippen molar-refractivity contribution in [2.75, 3.05) is 5.32 Å². The second kappa shape index (κ2) is 5.54. The third-order valence-electron chi connectivity index (χ3n) is 2.56. The van der Waals surface area contributed by atoms with E-state index < -0.39 is 5.97 Å². The average molecular weight is 326 g/mol. The number of hydrogen-bond acceptors (Lipinski definition) is 3. The molecule has 0 saturated heterocycles. The molecule has 0 aliphatic rings. The molecule has 94 valence electrons. The number of nitrogens with one attached hydrogen (secondary N) is 1. The quantitative estimate of drug-likeness (QED) is 0.888. The normalized spacial score (nSPS) is 10.3. The fourth-order valence-corrected chi connectivity index (χ4v) is 2.97. The molecule has 2 aromatic rings. The number of aryl methyl sites for hydroxylation is 1. The zero-order valence-corrected chi connectivity index (χ0v) is 12.1. The number of hydrogen-bond donors (Lipinski definition) is 2. The molecule has 0 fully saturated rings. The van der Waals surface area contributed by atoms with Gasteiger partial charge in [0, 0.05) is 27.0 Å². The highest BCUT2D eigenvalue weighted by Gasteiger charge is 2.06. The van der Waals surface area contributed by atoms with Crippen molar-refractivity contribution in [2.24, 2.45) is 0 Å². The monoisotopic (exact) mass is 325 g/mol. The lowest BCUT2D eigenvalue weighted by Gasteiger charge is -2.09. The van der Waals surface area contributed by atoms with Gasteiger partial charge < -0.3 is 10.4 Å². The maximum absolute atomic E-state index is 10.9. The molecule has 0 bridgehead atoms. The van der Waals surface area contributed by atoms with Crippen LogP contribution in [-0.4, -0.2) is 11.1 Å². The molecule has 0 unspecified atom stereocenters. The Morgan fingerprint density at radius 2 is 2.22 bits per heavy atom. The highest BCUT2D eigenvalue weighted by Crippen LogP contribution is 2.22. The van der Waals surface area contributed by atoms with Gasteiger partial charge >= 0.3 is 5.97 Å². The molecule has 0 saturated carbocycles. The third kappa shape index (κ3) is 3.11. The van der Waals surface area contributed by atoms with E-state index in [0.29, 0.717) is 12.1 Å². The Morgan fingerprint density at radius 3 is 2.83 bits per heavy atom. The topological polar surface area (TPSA) is 49.3 Å². The predicted molar refractivity (Wildman–Crippen MR) is 77.5 cm³/mol. The van der Waals surface area contributed by atoms with E-state index >= 15 is 0 Å². The van der Waals surface area contributed by atoms with E-state index in [1.165, 1.54) is 4.88 Å². The molecule has 1 aromatic heterocycles. The van der Waals surface area contributed by atoms with Crippen LogP contribution < -0.4 is 5.32 Å². The van der Waals surface area contributed by atoms with E-state index in [9.17, 15) is 4.79 Å². The maximum atomic E-state index is 10.9. The fraction of sp³-hybridized carbons (Fsp3) is 0.154. The lowest BCUT2D eigenvalue weighted by molar-refractivity contribution is 0.0697. The van der Waals surface area contributed by atoms with Crippen LogP contribution in [0, 0.1) is 6.92 Å². The van der Waals surface area contributed by atoms with Crippen molar-refractivity contribution in [2.45, 2.75) is 13.5 Å².